The van der Waals surface area contributed by atoms with Crippen LogP contribution in [-0.4, -0.2) is 21.9 Å². The normalized spacial score (nSPS) is 20.3. The molecule has 3 nitrogen and oxygen atoms in total. The summed E-state index contributed by atoms with van der Waals surface area (Å²) in [6, 6.07) is 9.44. The molecule has 1 aliphatic rings. The van der Waals surface area contributed by atoms with E-state index in [0.717, 1.165) is 12.1 Å². The first-order valence-corrected chi connectivity index (χ1v) is 9.69. The molecule has 0 amide bonds. The Morgan fingerprint density at radius 3 is 2.53 bits per heavy atom. The number of fused-ring (bicyclic) bond motifs is 2. The number of alkyl halides is 3. The summed E-state index contributed by atoms with van der Waals surface area (Å²) in [5.74, 6) is -0.312. The van der Waals surface area contributed by atoms with Gasteiger partial charge in [-0.2, -0.15) is 13.2 Å². The number of benzene rings is 2. The summed E-state index contributed by atoms with van der Waals surface area (Å²) < 4.78 is 61.3. The maximum Gasteiger partial charge on any atom is 0.417 e. The maximum absolute atomic E-state index is 14.1. The monoisotopic (exact) mass is 459 g/mol. The average molecular weight is 460 g/mol. The van der Waals surface area contributed by atoms with Crippen LogP contribution in [-0.2, 0) is 12.0 Å². The van der Waals surface area contributed by atoms with Crippen LogP contribution in [0.3, 0.4) is 0 Å². The standard InChI is InChI=1S/C21H15Cl2F4NO2/c1-19(15-8-13(24)3-5-17(15)30-19)10-20(29,21(25,26)27)9-11-6-18(23)28-16-4-2-12(22)7-14(11)16/h2-8,29H,9-10H2,1H3. The fourth-order valence-electron chi connectivity index (χ4n) is 3.90. The van der Waals surface area contributed by atoms with E-state index in [4.69, 9.17) is 27.9 Å². The molecule has 0 saturated carbocycles. The Morgan fingerprint density at radius 1 is 1.10 bits per heavy atom. The largest absolute Gasteiger partial charge is 0.482 e. The van der Waals surface area contributed by atoms with Crippen LogP contribution in [0.5, 0.6) is 5.75 Å². The van der Waals surface area contributed by atoms with E-state index in [0.29, 0.717) is 15.9 Å². The molecule has 2 atom stereocenters. The SMILES string of the molecule is CC1(CC(O)(Cc2cc(Cl)nc3ccc(Cl)cc23)C(F)(F)F)Oc2ccc(F)cc21. The van der Waals surface area contributed by atoms with Crippen molar-refractivity contribution in [2.75, 3.05) is 0 Å². The lowest BCUT2D eigenvalue weighted by Gasteiger charge is -2.46. The summed E-state index contributed by atoms with van der Waals surface area (Å²) in [4.78, 5) is 4.09. The van der Waals surface area contributed by atoms with E-state index < -0.39 is 36.0 Å². The molecular weight excluding hydrogens is 445 g/mol. The second kappa shape index (κ2) is 6.97. The minimum absolute atomic E-state index is 0.0112. The summed E-state index contributed by atoms with van der Waals surface area (Å²) >= 11 is 12.0. The van der Waals surface area contributed by atoms with E-state index in [1.165, 1.54) is 31.2 Å². The molecule has 2 unspecified atom stereocenters. The fourth-order valence-corrected chi connectivity index (χ4v) is 4.30. The number of pyridine rings is 1. The van der Waals surface area contributed by atoms with Crippen molar-refractivity contribution in [3.05, 3.63) is 69.6 Å². The molecule has 30 heavy (non-hydrogen) atoms. The quantitative estimate of drug-likeness (QED) is 0.372. The van der Waals surface area contributed by atoms with E-state index in [-0.39, 0.29) is 22.0 Å². The van der Waals surface area contributed by atoms with Gasteiger partial charge in [0.05, 0.1) is 5.52 Å². The molecule has 0 fully saturated rings. The molecule has 1 aliphatic heterocycles. The van der Waals surface area contributed by atoms with E-state index >= 15 is 0 Å². The number of rotatable bonds is 4. The first kappa shape index (κ1) is 21.2. The van der Waals surface area contributed by atoms with E-state index in [2.05, 4.69) is 4.98 Å². The Bertz CT molecular complexity index is 1150. The molecule has 2 heterocycles. The third-order valence-electron chi connectivity index (χ3n) is 5.31. The Balaban J connectivity index is 1.76. The molecule has 9 heteroatoms. The Hall–Kier alpha value is -2.09. The fraction of sp³-hybridized carbons (Fsp3) is 0.286. The molecule has 0 bridgehead atoms. The third-order valence-corrected chi connectivity index (χ3v) is 5.74. The molecule has 1 N–H and O–H groups in total. The first-order chi connectivity index (χ1) is 13.9. The molecule has 0 aliphatic carbocycles. The van der Waals surface area contributed by atoms with Crippen LogP contribution in [0.15, 0.2) is 42.5 Å². The van der Waals surface area contributed by atoms with Gasteiger partial charge in [0.15, 0.2) is 5.60 Å². The average Bonchev–Trinajstić information content (AvgIpc) is 2.62. The summed E-state index contributed by atoms with van der Waals surface area (Å²) in [5, 5.41) is 11.5. The van der Waals surface area contributed by atoms with Crippen molar-refractivity contribution in [3.8, 4) is 5.75 Å². The van der Waals surface area contributed by atoms with Gasteiger partial charge in [-0.1, -0.05) is 23.2 Å². The van der Waals surface area contributed by atoms with Gasteiger partial charge in [-0.05, 0) is 55.0 Å². The zero-order chi connectivity index (χ0) is 21.9. The summed E-state index contributed by atoms with van der Waals surface area (Å²) in [6.07, 6.45) is -6.63. The van der Waals surface area contributed by atoms with Crippen molar-refractivity contribution in [1.29, 1.82) is 0 Å². The van der Waals surface area contributed by atoms with Gasteiger partial charge < -0.3 is 9.84 Å². The summed E-state index contributed by atoms with van der Waals surface area (Å²) in [7, 11) is 0. The molecule has 3 aromatic rings. The van der Waals surface area contributed by atoms with Gasteiger partial charge in [0.2, 0.25) is 0 Å². The zero-order valence-electron chi connectivity index (χ0n) is 15.5. The number of hydrogen-bond acceptors (Lipinski definition) is 3. The lowest BCUT2D eigenvalue weighted by Crippen LogP contribution is -2.54. The van der Waals surface area contributed by atoms with Crippen molar-refractivity contribution >= 4 is 34.1 Å². The molecular formula is C21H15Cl2F4NO2. The minimum Gasteiger partial charge on any atom is -0.482 e. The van der Waals surface area contributed by atoms with Crippen molar-refractivity contribution in [2.45, 2.75) is 37.1 Å². The summed E-state index contributed by atoms with van der Waals surface area (Å²) in [6.45, 7) is 1.39. The van der Waals surface area contributed by atoms with Crippen LogP contribution in [0.1, 0.15) is 24.5 Å². The maximum atomic E-state index is 14.1. The topological polar surface area (TPSA) is 42.4 Å². The smallest absolute Gasteiger partial charge is 0.417 e. The second-order valence-corrected chi connectivity index (χ2v) is 8.45. The van der Waals surface area contributed by atoms with Crippen LogP contribution >= 0.6 is 23.2 Å². The van der Waals surface area contributed by atoms with Crippen LogP contribution in [0.2, 0.25) is 10.2 Å². The van der Waals surface area contributed by atoms with Crippen LogP contribution in [0.4, 0.5) is 17.6 Å². The number of aromatic nitrogens is 1. The molecule has 158 valence electrons. The number of halogens is 6. The lowest BCUT2D eigenvalue weighted by molar-refractivity contribution is -0.275. The highest BCUT2D eigenvalue weighted by Gasteiger charge is 2.59. The molecule has 4 rings (SSSR count). The third kappa shape index (κ3) is 3.59. The highest BCUT2D eigenvalue weighted by Crippen LogP contribution is 2.52. The highest BCUT2D eigenvalue weighted by atomic mass is 35.5. The van der Waals surface area contributed by atoms with Crippen molar-refractivity contribution in [1.82, 2.24) is 4.98 Å². The minimum atomic E-state index is -5.00. The van der Waals surface area contributed by atoms with Gasteiger partial charge in [0, 0.05) is 28.8 Å². The summed E-state index contributed by atoms with van der Waals surface area (Å²) in [5.41, 5.74) is -3.93. The number of hydrogen-bond donors (Lipinski definition) is 1. The first-order valence-electron chi connectivity index (χ1n) is 8.93. The Kier molecular flexibility index (Phi) is 4.91. The van der Waals surface area contributed by atoms with Crippen molar-refractivity contribution in [2.24, 2.45) is 0 Å². The van der Waals surface area contributed by atoms with Gasteiger partial charge in [-0.25, -0.2) is 9.37 Å². The van der Waals surface area contributed by atoms with Gasteiger partial charge >= 0.3 is 6.18 Å². The molecule has 0 spiro atoms. The van der Waals surface area contributed by atoms with E-state index in [1.54, 1.807) is 6.07 Å². The predicted molar refractivity (Wildman–Crippen MR) is 105 cm³/mol. The molecule has 0 saturated heterocycles. The van der Waals surface area contributed by atoms with Crippen molar-refractivity contribution < 1.29 is 27.4 Å². The van der Waals surface area contributed by atoms with Crippen LogP contribution in [0, 0.1) is 5.82 Å². The van der Waals surface area contributed by atoms with E-state index in [9.17, 15) is 22.7 Å². The number of ether oxygens (including phenoxy) is 1. The molecule has 1 aromatic heterocycles. The van der Waals surface area contributed by atoms with Gasteiger partial charge in [-0.15, -0.1) is 0 Å². The molecule has 2 aromatic carbocycles. The van der Waals surface area contributed by atoms with Gasteiger partial charge in [0.25, 0.3) is 0 Å². The zero-order valence-corrected chi connectivity index (χ0v) is 17.0. The van der Waals surface area contributed by atoms with E-state index in [1.807, 2.05) is 0 Å². The van der Waals surface area contributed by atoms with Gasteiger partial charge in [-0.3, -0.25) is 0 Å². The number of aliphatic hydroxyl groups is 1. The predicted octanol–water partition coefficient (Wildman–Crippen LogP) is 6.21. The highest BCUT2D eigenvalue weighted by molar-refractivity contribution is 6.31. The van der Waals surface area contributed by atoms with Gasteiger partial charge in [0.1, 0.15) is 22.3 Å². The second-order valence-electron chi connectivity index (χ2n) is 7.62. The lowest BCUT2D eigenvalue weighted by atomic mass is 9.76. The Morgan fingerprint density at radius 2 is 1.83 bits per heavy atom. The van der Waals surface area contributed by atoms with Crippen LogP contribution in [0.25, 0.3) is 10.9 Å². The van der Waals surface area contributed by atoms with Crippen molar-refractivity contribution in [3.63, 3.8) is 0 Å². The van der Waals surface area contributed by atoms with Crippen LogP contribution < -0.4 is 4.74 Å². The number of nitrogens with zero attached hydrogens (tertiary/aromatic N) is 1. The molecule has 0 radical (unpaired) electrons. The Labute approximate surface area is 179 Å².